The summed E-state index contributed by atoms with van der Waals surface area (Å²) in [6.07, 6.45) is 0. The number of hydrogen-bond donors (Lipinski definition) is 0. The van der Waals surface area contributed by atoms with Crippen molar-refractivity contribution >= 4 is 26.2 Å². The molecule has 1 radical (unpaired) electrons. The van der Waals surface area contributed by atoms with Crippen LogP contribution in [-0.4, -0.2) is 33.3 Å². The van der Waals surface area contributed by atoms with Crippen molar-refractivity contribution in [2.45, 2.75) is 39.3 Å². The van der Waals surface area contributed by atoms with Crippen molar-refractivity contribution in [1.82, 2.24) is 0 Å². The summed E-state index contributed by atoms with van der Waals surface area (Å²) in [5.74, 6) is 0. The zero-order chi connectivity index (χ0) is 10.7. The molecule has 0 fully saturated rings. The maximum atomic E-state index is 6.00. The summed E-state index contributed by atoms with van der Waals surface area (Å²) in [6.45, 7) is 12.7. The molecule has 0 saturated heterocycles. The molecule has 0 heterocycles. The zero-order valence-electron chi connectivity index (χ0n) is 9.72. The van der Waals surface area contributed by atoms with Crippen LogP contribution in [0.25, 0.3) is 0 Å². The molecule has 0 atom stereocenters. The van der Waals surface area contributed by atoms with Gasteiger partial charge in [0, 0.05) is 7.11 Å². The van der Waals surface area contributed by atoms with E-state index >= 15 is 0 Å². The molecule has 0 aromatic rings. The minimum atomic E-state index is -1.94. The van der Waals surface area contributed by atoms with Crippen LogP contribution in [0.4, 0.5) is 0 Å². The lowest BCUT2D eigenvalue weighted by atomic mass is 11.8. The highest BCUT2D eigenvalue weighted by molar-refractivity contribution is 6.83. The molecule has 0 bridgehead atoms. The van der Waals surface area contributed by atoms with Crippen LogP contribution < -0.4 is 0 Å². The largest absolute Gasteiger partial charge is 0.437 e. The summed E-state index contributed by atoms with van der Waals surface area (Å²) in [7, 11) is -2.83. The predicted octanol–water partition coefficient (Wildman–Crippen LogP) is 2.32. The van der Waals surface area contributed by atoms with E-state index in [4.69, 9.17) is 12.7 Å². The fraction of sp³-hybridized carbons (Fsp3) is 1.00. The Labute approximate surface area is 85.6 Å². The van der Waals surface area contributed by atoms with Crippen molar-refractivity contribution < 1.29 is 12.7 Å². The maximum Gasteiger partial charge on any atom is 0.371 e. The average Bonchev–Trinajstić information content (AvgIpc) is 1.80. The molecule has 13 heavy (non-hydrogen) atoms. The molecule has 3 nitrogen and oxygen atoms in total. The Morgan fingerprint density at radius 2 is 1.46 bits per heavy atom. The standard InChI is InChI=1S/C7H21O3Si3/c1-8-11(2)9-13(6,7)10-12(3,4)5/h1-7H3. The molecule has 0 amide bonds. The maximum absolute atomic E-state index is 6.00. The van der Waals surface area contributed by atoms with Gasteiger partial charge in [-0.25, -0.2) is 0 Å². The smallest absolute Gasteiger partial charge is 0.371 e. The van der Waals surface area contributed by atoms with Crippen molar-refractivity contribution in [3.05, 3.63) is 0 Å². The average molecular weight is 237 g/mol. The first-order valence-electron chi connectivity index (χ1n) is 4.43. The van der Waals surface area contributed by atoms with Crippen molar-refractivity contribution in [3.8, 4) is 0 Å². The summed E-state index contributed by atoms with van der Waals surface area (Å²) in [5, 5.41) is 0. The van der Waals surface area contributed by atoms with Gasteiger partial charge in [0.1, 0.15) is 0 Å². The van der Waals surface area contributed by atoms with E-state index in [9.17, 15) is 0 Å². The van der Waals surface area contributed by atoms with Crippen LogP contribution in [0.15, 0.2) is 0 Å². The van der Waals surface area contributed by atoms with Crippen LogP contribution in [0.2, 0.25) is 39.3 Å². The number of rotatable bonds is 5. The molecular formula is C7H21O3Si3. The van der Waals surface area contributed by atoms with Crippen LogP contribution in [0.1, 0.15) is 0 Å². The summed E-state index contributed by atoms with van der Waals surface area (Å²) in [4.78, 5) is 0. The third-order valence-corrected chi connectivity index (χ3v) is 9.34. The molecule has 0 aromatic heterocycles. The Hall–Kier alpha value is 0.531. The van der Waals surface area contributed by atoms with Gasteiger partial charge in [0.05, 0.1) is 0 Å². The van der Waals surface area contributed by atoms with Gasteiger partial charge in [-0.1, -0.05) is 0 Å². The van der Waals surface area contributed by atoms with E-state index in [0.29, 0.717) is 0 Å². The second-order valence-corrected chi connectivity index (χ2v) is 14.5. The van der Waals surface area contributed by atoms with Gasteiger partial charge >= 0.3 is 17.8 Å². The molecular weight excluding hydrogens is 216 g/mol. The molecule has 0 spiro atoms. The highest BCUT2D eigenvalue weighted by Crippen LogP contribution is 2.15. The first kappa shape index (κ1) is 13.5. The predicted molar refractivity (Wildman–Crippen MR) is 61.6 cm³/mol. The van der Waals surface area contributed by atoms with Gasteiger partial charge in [-0.3, -0.25) is 0 Å². The fourth-order valence-electron chi connectivity index (χ4n) is 1.15. The minimum absolute atomic E-state index is 1.10. The highest BCUT2D eigenvalue weighted by Gasteiger charge is 2.33. The van der Waals surface area contributed by atoms with E-state index in [1.165, 1.54) is 0 Å². The van der Waals surface area contributed by atoms with Crippen LogP contribution in [0, 0.1) is 0 Å². The third-order valence-electron chi connectivity index (χ3n) is 1.23. The van der Waals surface area contributed by atoms with Crippen molar-refractivity contribution in [2.75, 3.05) is 7.11 Å². The van der Waals surface area contributed by atoms with Gasteiger partial charge in [0.25, 0.3) is 0 Å². The normalized spacial score (nSPS) is 13.8. The van der Waals surface area contributed by atoms with E-state index < -0.39 is 26.2 Å². The topological polar surface area (TPSA) is 27.7 Å². The highest BCUT2D eigenvalue weighted by atomic mass is 28.5. The minimum Gasteiger partial charge on any atom is -0.437 e. The van der Waals surface area contributed by atoms with E-state index in [1.54, 1.807) is 7.11 Å². The van der Waals surface area contributed by atoms with Crippen LogP contribution in [-0.2, 0) is 12.7 Å². The van der Waals surface area contributed by atoms with Crippen molar-refractivity contribution in [2.24, 2.45) is 0 Å². The monoisotopic (exact) mass is 237 g/mol. The van der Waals surface area contributed by atoms with Crippen LogP contribution in [0.5, 0.6) is 0 Å². The van der Waals surface area contributed by atoms with Gasteiger partial charge in [-0.2, -0.15) is 0 Å². The summed E-state index contributed by atoms with van der Waals surface area (Å²) in [5.41, 5.74) is 0. The van der Waals surface area contributed by atoms with Gasteiger partial charge in [-0.05, 0) is 39.3 Å². The van der Waals surface area contributed by atoms with E-state index in [2.05, 4.69) is 32.7 Å². The lowest BCUT2D eigenvalue weighted by Gasteiger charge is -2.32. The van der Waals surface area contributed by atoms with E-state index in [0.717, 1.165) is 0 Å². The molecule has 6 heteroatoms. The summed E-state index contributed by atoms with van der Waals surface area (Å²) < 4.78 is 16.9. The van der Waals surface area contributed by atoms with Gasteiger partial charge in [0.15, 0.2) is 8.32 Å². The Morgan fingerprint density at radius 1 is 1.00 bits per heavy atom. The quantitative estimate of drug-likeness (QED) is 0.687. The van der Waals surface area contributed by atoms with Crippen LogP contribution >= 0.6 is 0 Å². The molecule has 0 aliphatic carbocycles. The zero-order valence-corrected chi connectivity index (χ0v) is 12.7. The van der Waals surface area contributed by atoms with Gasteiger partial charge in [-0.15, -0.1) is 0 Å². The molecule has 0 aliphatic rings. The molecule has 0 aliphatic heterocycles. The molecule has 0 unspecified atom stereocenters. The molecule has 0 saturated carbocycles. The second-order valence-electron chi connectivity index (χ2n) is 4.41. The Bertz CT molecular complexity index is 156. The first-order valence-corrected chi connectivity index (χ1v) is 12.5. The Morgan fingerprint density at radius 3 is 1.77 bits per heavy atom. The Balaban J connectivity index is 4.08. The third kappa shape index (κ3) is 7.59. The van der Waals surface area contributed by atoms with Crippen molar-refractivity contribution in [1.29, 1.82) is 0 Å². The molecule has 0 aromatic carbocycles. The SMILES string of the molecule is CO[Si](C)O[Si](C)(C)O[Si](C)(C)C. The lowest BCUT2D eigenvalue weighted by Crippen LogP contribution is -2.47. The molecule has 79 valence electrons. The lowest BCUT2D eigenvalue weighted by molar-refractivity contribution is 0.304. The van der Waals surface area contributed by atoms with E-state index in [-0.39, 0.29) is 0 Å². The van der Waals surface area contributed by atoms with Gasteiger partial charge in [0.2, 0.25) is 0 Å². The summed E-state index contributed by atoms with van der Waals surface area (Å²) >= 11 is 0. The van der Waals surface area contributed by atoms with E-state index in [1.807, 2.05) is 6.55 Å². The van der Waals surface area contributed by atoms with Gasteiger partial charge < -0.3 is 12.7 Å². The molecule has 0 N–H and O–H groups in total. The Kier molecular flexibility index (Phi) is 5.05. The first-order chi connectivity index (χ1) is 5.66. The summed E-state index contributed by atoms with van der Waals surface area (Å²) in [6, 6.07) is 0. The van der Waals surface area contributed by atoms with Crippen molar-refractivity contribution in [3.63, 3.8) is 0 Å². The molecule has 0 rings (SSSR count). The number of hydrogen-bond acceptors (Lipinski definition) is 3. The van der Waals surface area contributed by atoms with Crippen LogP contribution in [0.3, 0.4) is 0 Å². The second kappa shape index (κ2) is 4.85. The fourth-order valence-corrected chi connectivity index (χ4v) is 10.7.